The number of rotatable bonds is 1. The van der Waals surface area contributed by atoms with Gasteiger partial charge in [-0.1, -0.05) is 12.2 Å². The molecule has 0 saturated carbocycles. The third-order valence-corrected chi connectivity index (χ3v) is 2.68. The Labute approximate surface area is 117 Å². The van der Waals surface area contributed by atoms with Crippen LogP contribution in [0.15, 0.2) is 6.33 Å². The molecule has 16 heavy (non-hydrogen) atoms. The van der Waals surface area contributed by atoms with Crippen molar-refractivity contribution in [2.75, 3.05) is 5.73 Å². The zero-order valence-electron chi connectivity index (χ0n) is 8.04. The maximum atomic E-state index is 10.8. The Bertz CT molecular complexity index is 690. The molecule has 2 aromatic heterocycles. The van der Waals surface area contributed by atoms with Crippen LogP contribution >= 0.6 is 12.2 Å². The van der Waals surface area contributed by atoms with Crippen LogP contribution in [0.3, 0.4) is 0 Å². The Balaban J connectivity index is 0.00000128. The Morgan fingerprint density at radius 2 is 2.19 bits per heavy atom. The van der Waals surface area contributed by atoms with E-state index in [4.69, 9.17) is 18.0 Å². The first kappa shape index (κ1) is 13.5. The molecule has 2 heterocycles. The standard InChI is InChI=1S/C5H5N5O3S2.Na/c6-5-8-3-2(4(14)9-5)7-1-10(3)15(11,12)13;/h1H,(H,11,12,13)(H3,6,8,9,14);/q;+1/p-1. The van der Waals surface area contributed by atoms with Crippen LogP contribution in [0.5, 0.6) is 0 Å². The van der Waals surface area contributed by atoms with Crippen molar-refractivity contribution in [3.8, 4) is 0 Å². The van der Waals surface area contributed by atoms with Gasteiger partial charge in [0.05, 0.1) is 0 Å². The second-order valence-electron chi connectivity index (χ2n) is 2.62. The summed E-state index contributed by atoms with van der Waals surface area (Å²) in [4.78, 5) is 9.78. The predicted molar refractivity (Wildman–Crippen MR) is 52.2 cm³/mol. The zero-order chi connectivity index (χ0) is 11.2. The van der Waals surface area contributed by atoms with E-state index in [0.29, 0.717) is 3.97 Å². The fraction of sp³-hybridized carbons (Fsp3) is 0. The van der Waals surface area contributed by atoms with Crippen LogP contribution in [0.1, 0.15) is 0 Å². The van der Waals surface area contributed by atoms with E-state index >= 15 is 0 Å². The number of anilines is 1. The summed E-state index contributed by atoms with van der Waals surface area (Å²) < 4.78 is 32.8. The molecule has 0 radical (unpaired) electrons. The number of fused-ring (bicyclic) bond motifs is 1. The van der Waals surface area contributed by atoms with E-state index in [2.05, 4.69) is 15.0 Å². The summed E-state index contributed by atoms with van der Waals surface area (Å²) in [5, 5.41) is 0. The van der Waals surface area contributed by atoms with E-state index in [1.807, 2.05) is 0 Å². The summed E-state index contributed by atoms with van der Waals surface area (Å²) in [5.41, 5.74) is 5.26. The van der Waals surface area contributed by atoms with Gasteiger partial charge in [0.15, 0.2) is 16.0 Å². The summed E-state index contributed by atoms with van der Waals surface area (Å²) in [7, 11) is -4.69. The van der Waals surface area contributed by atoms with Gasteiger partial charge in [-0.05, 0) is 0 Å². The van der Waals surface area contributed by atoms with Crippen molar-refractivity contribution in [2.45, 2.75) is 0 Å². The molecular weight excluding hydrogens is 265 g/mol. The van der Waals surface area contributed by atoms with Crippen LogP contribution in [0.2, 0.25) is 0 Å². The molecule has 3 N–H and O–H groups in total. The van der Waals surface area contributed by atoms with E-state index < -0.39 is 10.3 Å². The molecule has 0 unspecified atom stereocenters. The molecule has 0 aliphatic rings. The molecule has 0 saturated heterocycles. The quantitative estimate of drug-likeness (QED) is 0.310. The summed E-state index contributed by atoms with van der Waals surface area (Å²) in [6.07, 6.45) is 0.836. The first-order valence-electron chi connectivity index (χ1n) is 3.59. The monoisotopic (exact) mass is 269 g/mol. The second-order valence-corrected chi connectivity index (χ2v) is 4.28. The third-order valence-electron chi connectivity index (χ3n) is 1.64. The Kier molecular flexibility index (Phi) is 3.72. The molecule has 80 valence electrons. The van der Waals surface area contributed by atoms with Crippen LogP contribution in [-0.4, -0.2) is 31.9 Å². The largest absolute Gasteiger partial charge is 1.00 e. The molecule has 11 heteroatoms. The summed E-state index contributed by atoms with van der Waals surface area (Å²) in [5.74, 6) is -0.0853. The molecule has 2 rings (SSSR count). The van der Waals surface area contributed by atoms with Gasteiger partial charge < -0.3 is 15.3 Å². The summed E-state index contributed by atoms with van der Waals surface area (Å²) >= 11 is 4.83. The van der Waals surface area contributed by atoms with Gasteiger partial charge in [0, 0.05) is 0 Å². The number of nitrogen functional groups attached to an aromatic ring is 1. The summed E-state index contributed by atoms with van der Waals surface area (Å²) in [6, 6.07) is 0. The minimum absolute atomic E-state index is 0. The van der Waals surface area contributed by atoms with Gasteiger partial charge in [-0.2, -0.15) is 4.98 Å². The number of hydrogen-bond donors (Lipinski definition) is 2. The molecule has 0 amide bonds. The first-order chi connectivity index (χ1) is 6.89. The minimum atomic E-state index is -4.69. The number of aromatic amines is 1. The van der Waals surface area contributed by atoms with Gasteiger partial charge in [0.2, 0.25) is 5.95 Å². The number of hydrogen-bond acceptors (Lipinski definition) is 7. The van der Waals surface area contributed by atoms with Crippen LogP contribution in [0, 0.1) is 4.64 Å². The minimum Gasteiger partial charge on any atom is -0.730 e. The van der Waals surface area contributed by atoms with Gasteiger partial charge in [-0.25, -0.2) is 17.4 Å². The molecule has 0 spiro atoms. The van der Waals surface area contributed by atoms with Crippen molar-refractivity contribution in [3.63, 3.8) is 0 Å². The SMILES string of the molecule is Nc1nc2c(ncn2S(=O)(=O)[O-])c(=S)[nH]1.[Na+]. The van der Waals surface area contributed by atoms with Crippen molar-refractivity contribution < 1.29 is 42.5 Å². The smallest absolute Gasteiger partial charge is 0.730 e. The molecule has 0 bridgehead atoms. The fourth-order valence-electron chi connectivity index (χ4n) is 1.07. The molecule has 8 nitrogen and oxygen atoms in total. The van der Waals surface area contributed by atoms with Crippen LogP contribution < -0.4 is 35.3 Å². The second kappa shape index (κ2) is 4.39. The molecule has 0 aromatic carbocycles. The van der Waals surface area contributed by atoms with Crippen molar-refractivity contribution in [2.24, 2.45) is 0 Å². The topological polar surface area (TPSA) is 130 Å². The predicted octanol–water partition coefficient (Wildman–Crippen LogP) is -3.62. The molecular formula is C5H4N5NaO3S2. The van der Waals surface area contributed by atoms with Crippen LogP contribution in [0.4, 0.5) is 5.95 Å². The van der Waals surface area contributed by atoms with E-state index in [-0.39, 0.29) is 51.3 Å². The number of nitrogens with zero attached hydrogens (tertiary/aromatic N) is 3. The first-order valence-corrected chi connectivity index (χ1v) is 5.36. The number of nitrogens with one attached hydrogen (secondary N) is 1. The Morgan fingerprint density at radius 3 is 2.75 bits per heavy atom. The fourth-order valence-corrected chi connectivity index (χ4v) is 1.82. The Morgan fingerprint density at radius 1 is 1.56 bits per heavy atom. The summed E-state index contributed by atoms with van der Waals surface area (Å²) in [6.45, 7) is 0. The molecule has 0 fully saturated rings. The van der Waals surface area contributed by atoms with Gasteiger partial charge >= 0.3 is 29.6 Å². The van der Waals surface area contributed by atoms with E-state index in [9.17, 15) is 13.0 Å². The number of H-pyrrole nitrogens is 1. The van der Waals surface area contributed by atoms with Crippen molar-refractivity contribution >= 4 is 39.6 Å². The molecule has 0 aliphatic heterocycles. The maximum absolute atomic E-state index is 10.8. The van der Waals surface area contributed by atoms with Crippen LogP contribution in [-0.2, 0) is 10.3 Å². The van der Waals surface area contributed by atoms with Crippen LogP contribution in [0.25, 0.3) is 11.2 Å². The zero-order valence-corrected chi connectivity index (χ0v) is 11.7. The average molecular weight is 269 g/mol. The van der Waals surface area contributed by atoms with Gasteiger partial charge in [-0.3, -0.25) is 0 Å². The number of aromatic nitrogens is 4. The molecule has 0 aliphatic carbocycles. The average Bonchev–Trinajstić information content (AvgIpc) is 2.45. The van der Waals surface area contributed by atoms with E-state index in [0.717, 1.165) is 6.33 Å². The number of nitrogens with two attached hydrogens (primary N) is 1. The van der Waals surface area contributed by atoms with Crippen molar-refractivity contribution in [3.05, 3.63) is 11.0 Å². The van der Waals surface area contributed by atoms with Crippen molar-refractivity contribution in [1.82, 2.24) is 18.9 Å². The maximum Gasteiger partial charge on any atom is 1.00 e. The molecule has 2 aromatic rings. The van der Waals surface area contributed by atoms with Gasteiger partial charge in [0.1, 0.15) is 16.5 Å². The third kappa shape index (κ3) is 2.26. The van der Waals surface area contributed by atoms with E-state index in [1.54, 1.807) is 0 Å². The van der Waals surface area contributed by atoms with Crippen molar-refractivity contribution in [1.29, 1.82) is 0 Å². The Hall–Kier alpha value is -0.520. The number of imidazole rings is 1. The van der Waals surface area contributed by atoms with Gasteiger partial charge in [-0.15, -0.1) is 0 Å². The molecule has 0 atom stereocenters. The van der Waals surface area contributed by atoms with Gasteiger partial charge in [0.25, 0.3) is 0 Å². The van der Waals surface area contributed by atoms with E-state index in [1.165, 1.54) is 0 Å². The normalized spacial score (nSPS) is 11.3.